The first-order chi connectivity index (χ1) is 14.0. The van der Waals surface area contributed by atoms with E-state index in [2.05, 4.69) is 27.5 Å². The normalized spacial score (nSPS) is 12.1. The lowest BCUT2D eigenvalue weighted by Crippen LogP contribution is -2.33. The Labute approximate surface area is 167 Å². The highest BCUT2D eigenvalue weighted by Gasteiger charge is 2.13. The quantitative estimate of drug-likeness (QED) is 0.571. The minimum atomic E-state index is -0.280. The Morgan fingerprint density at radius 1 is 1.07 bits per heavy atom. The van der Waals surface area contributed by atoms with Crippen LogP contribution in [0.1, 0.15) is 18.5 Å². The van der Waals surface area contributed by atoms with Gasteiger partial charge in [-0.3, -0.25) is 18.8 Å². The highest BCUT2D eigenvalue weighted by molar-refractivity contribution is 5.77. The molecule has 2 aromatic carbocycles. The fraction of sp³-hybridized carbons (Fsp3) is 0.182. The molecule has 4 aromatic rings. The van der Waals surface area contributed by atoms with Gasteiger partial charge >= 0.3 is 0 Å². The maximum Gasteiger partial charge on any atom is 0.264 e. The Morgan fingerprint density at radius 3 is 2.48 bits per heavy atom. The average Bonchev–Trinajstić information content (AvgIpc) is 3.12. The number of hydrogen-bond donors (Lipinski definition) is 1. The summed E-state index contributed by atoms with van der Waals surface area (Å²) in [6.07, 6.45) is 2.85. The van der Waals surface area contributed by atoms with Crippen LogP contribution in [-0.2, 0) is 18.4 Å². The first-order valence-electron chi connectivity index (χ1n) is 9.35. The lowest BCUT2D eigenvalue weighted by atomic mass is 10.0. The molecule has 29 heavy (non-hydrogen) atoms. The van der Waals surface area contributed by atoms with Gasteiger partial charge in [-0.1, -0.05) is 54.6 Å². The molecule has 4 rings (SSSR count). The molecule has 1 atom stereocenters. The summed E-state index contributed by atoms with van der Waals surface area (Å²) < 4.78 is 2.83. The molecule has 0 aliphatic heterocycles. The Morgan fingerprint density at radius 2 is 1.76 bits per heavy atom. The van der Waals surface area contributed by atoms with Crippen molar-refractivity contribution in [3.8, 4) is 11.1 Å². The van der Waals surface area contributed by atoms with E-state index in [1.165, 1.54) is 21.8 Å². The van der Waals surface area contributed by atoms with Gasteiger partial charge in [0.25, 0.3) is 5.56 Å². The van der Waals surface area contributed by atoms with Crippen LogP contribution in [-0.4, -0.2) is 25.2 Å². The third-order valence-corrected chi connectivity index (χ3v) is 4.93. The van der Waals surface area contributed by atoms with Crippen molar-refractivity contribution in [1.29, 1.82) is 0 Å². The summed E-state index contributed by atoms with van der Waals surface area (Å²) >= 11 is 0. The van der Waals surface area contributed by atoms with Crippen LogP contribution < -0.4 is 10.9 Å². The zero-order chi connectivity index (χ0) is 20.4. The van der Waals surface area contributed by atoms with E-state index in [0.29, 0.717) is 11.0 Å². The number of fused-ring (bicyclic) bond motifs is 1. The number of amides is 1. The van der Waals surface area contributed by atoms with Crippen LogP contribution in [0.4, 0.5) is 0 Å². The van der Waals surface area contributed by atoms with Gasteiger partial charge in [-0.05, 0) is 23.6 Å². The largest absolute Gasteiger partial charge is 0.348 e. The summed E-state index contributed by atoms with van der Waals surface area (Å²) in [5.41, 5.74) is 3.48. The number of rotatable bonds is 5. The van der Waals surface area contributed by atoms with Crippen LogP contribution in [0.5, 0.6) is 0 Å². The van der Waals surface area contributed by atoms with Crippen molar-refractivity contribution in [2.45, 2.75) is 19.5 Å². The second kappa shape index (κ2) is 7.71. The fourth-order valence-electron chi connectivity index (χ4n) is 3.30. The molecule has 0 radical (unpaired) electrons. The number of aryl methyl sites for hydroxylation is 1. The molecule has 7 nitrogen and oxygen atoms in total. The minimum Gasteiger partial charge on any atom is -0.348 e. The molecule has 1 amide bonds. The zero-order valence-corrected chi connectivity index (χ0v) is 16.2. The van der Waals surface area contributed by atoms with E-state index in [9.17, 15) is 9.59 Å². The molecule has 2 heterocycles. The number of hydrogen-bond acceptors (Lipinski definition) is 4. The van der Waals surface area contributed by atoms with Crippen molar-refractivity contribution in [3.63, 3.8) is 0 Å². The van der Waals surface area contributed by atoms with Crippen LogP contribution in [0, 0.1) is 0 Å². The molecule has 1 N–H and O–H groups in total. The van der Waals surface area contributed by atoms with Crippen LogP contribution in [0.2, 0.25) is 0 Å². The number of nitrogens with one attached hydrogen (secondary N) is 1. The number of carbonyl (C=O) groups excluding carboxylic acids is 1. The topological polar surface area (TPSA) is 81.8 Å². The average molecular weight is 387 g/mol. The summed E-state index contributed by atoms with van der Waals surface area (Å²) in [5, 5.41) is 7.37. The minimum absolute atomic E-state index is 0.0941. The van der Waals surface area contributed by atoms with Crippen LogP contribution >= 0.6 is 0 Å². The summed E-state index contributed by atoms with van der Waals surface area (Å²) in [7, 11) is 1.72. The number of carbonyl (C=O) groups is 1. The molecular weight excluding hydrogens is 366 g/mol. The van der Waals surface area contributed by atoms with E-state index >= 15 is 0 Å². The first kappa shape index (κ1) is 18.6. The smallest absolute Gasteiger partial charge is 0.264 e. The molecule has 0 fully saturated rings. The van der Waals surface area contributed by atoms with Gasteiger partial charge in [0.1, 0.15) is 18.3 Å². The molecular formula is C22H21N5O2. The van der Waals surface area contributed by atoms with Gasteiger partial charge in [-0.15, -0.1) is 0 Å². The van der Waals surface area contributed by atoms with Crippen molar-refractivity contribution in [2.75, 3.05) is 0 Å². The molecule has 0 saturated heterocycles. The predicted octanol–water partition coefficient (Wildman–Crippen LogP) is 2.67. The number of nitrogens with zero attached hydrogens (tertiary/aromatic N) is 4. The van der Waals surface area contributed by atoms with Gasteiger partial charge in [-0.25, -0.2) is 4.98 Å². The predicted molar refractivity (Wildman–Crippen MR) is 111 cm³/mol. The van der Waals surface area contributed by atoms with E-state index in [1.54, 1.807) is 7.05 Å². The summed E-state index contributed by atoms with van der Waals surface area (Å²) in [6.45, 7) is 1.82. The van der Waals surface area contributed by atoms with E-state index in [4.69, 9.17) is 0 Å². The van der Waals surface area contributed by atoms with Crippen molar-refractivity contribution in [3.05, 3.63) is 83.0 Å². The molecule has 0 aliphatic rings. The van der Waals surface area contributed by atoms with Gasteiger partial charge in [0, 0.05) is 7.05 Å². The Bertz CT molecular complexity index is 1210. The summed E-state index contributed by atoms with van der Waals surface area (Å²) in [6, 6.07) is 18.0. The molecule has 146 valence electrons. The van der Waals surface area contributed by atoms with Crippen molar-refractivity contribution >= 4 is 16.9 Å². The maximum absolute atomic E-state index is 12.5. The van der Waals surface area contributed by atoms with E-state index in [-0.39, 0.29) is 24.1 Å². The highest BCUT2D eigenvalue weighted by atomic mass is 16.2. The molecule has 0 aliphatic carbocycles. The third-order valence-electron chi connectivity index (χ3n) is 4.93. The highest BCUT2D eigenvalue weighted by Crippen LogP contribution is 2.21. The Balaban J connectivity index is 1.44. The second-order valence-electron chi connectivity index (χ2n) is 6.96. The van der Waals surface area contributed by atoms with Crippen molar-refractivity contribution < 1.29 is 4.79 Å². The Kier molecular flexibility index (Phi) is 4.95. The molecule has 0 spiro atoms. The standard InChI is InChI=1S/C22H21N5O2/c1-15(16-8-10-18(11-9-16)17-6-4-3-5-7-17)25-20(28)13-27-14-23-21-19(22(27)29)12-24-26(21)2/h3-12,14-15H,13H2,1-2H3,(H,25,28)/t15-/m1/s1. The zero-order valence-electron chi connectivity index (χ0n) is 16.2. The monoisotopic (exact) mass is 387 g/mol. The van der Waals surface area contributed by atoms with Gasteiger partial charge < -0.3 is 5.32 Å². The second-order valence-corrected chi connectivity index (χ2v) is 6.96. The molecule has 0 unspecified atom stereocenters. The lowest BCUT2D eigenvalue weighted by Gasteiger charge is -2.15. The van der Waals surface area contributed by atoms with E-state index in [1.807, 2.05) is 49.4 Å². The lowest BCUT2D eigenvalue weighted by molar-refractivity contribution is -0.122. The number of benzene rings is 2. The molecule has 2 aromatic heterocycles. The summed E-state index contributed by atoms with van der Waals surface area (Å²) in [5.74, 6) is -0.253. The van der Waals surface area contributed by atoms with E-state index < -0.39 is 0 Å². The summed E-state index contributed by atoms with van der Waals surface area (Å²) in [4.78, 5) is 29.2. The first-order valence-corrected chi connectivity index (χ1v) is 9.35. The third kappa shape index (κ3) is 3.80. The van der Waals surface area contributed by atoms with Crippen molar-refractivity contribution in [1.82, 2.24) is 24.6 Å². The van der Waals surface area contributed by atoms with Gasteiger partial charge in [0.2, 0.25) is 5.91 Å². The molecule has 0 bridgehead atoms. The van der Waals surface area contributed by atoms with Crippen LogP contribution in [0.3, 0.4) is 0 Å². The van der Waals surface area contributed by atoms with Crippen LogP contribution in [0.25, 0.3) is 22.2 Å². The van der Waals surface area contributed by atoms with Gasteiger partial charge in [-0.2, -0.15) is 5.10 Å². The Hall–Kier alpha value is -3.74. The van der Waals surface area contributed by atoms with E-state index in [0.717, 1.165) is 16.7 Å². The molecule has 0 saturated carbocycles. The van der Waals surface area contributed by atoms with Gasteiger partial charge in [0.05, 0.1) is 12.2 Å². The maximum atomic E-state index is 12.5. The van der Waals surface area contributed by atoms with Crippen molar-refractivity contribution in [2.24, 2.45) is 7.05 Å². The number of aromatic nitrogens is 4. The molecule has 7 heteroatoms. The van der Waals surface area contributed by atoms with Gasteiger partial charge in [0.15, 0.2) is 5.65 Å². The SMILES string of the molecule is C[C@@H](NC(=O)Cn1cnc2c(cnn2C)c1=O)c1ccc(-c2ccccc2)cc1. The fourth-order valence-corrected chi connectivity index (χ4v) is 3.30. The van der Waals surface area contributed by atoms with Crippen LogP contribution in [0.15, 0.2) is 71.9 Å².